The number of pyridine rings is 1. The molecule has 0 aliphatic carbocycles. The number of amides is 1. The Morgan fingerprint density at radius 3 is 3.00 bits per heavy atom. The third kappa shape index (κ3) is 4.04. The lowest BCUT2D eigenvalue weighted by atomic mass is 10.1. The van der Waals surface area contributed by atoms with Crippen molar-refractivity contribution in [3.63, 3.8) is 0 Å². The van der Waals surface area contributed by atoms with Crippen LogP contribution in [-0.2, 0) is 13.0 Å². The topological polar surface area (TPSA) is 62.2 Å². The fraction of sp³-hybridized carbons (Fsp3) is 0.556. The van der Waals surface area contributed by atoms with E-state index in [1.54, 1.807) is 0 Å². The second-order valence-electron chi connectivity index (χ2n) is 6.75. The quantitative estimate of drug-likeness (QED) is 0.793. The Bertz CT molecular complexity index is 730. The van der Waals surface area contributed by atoms with Crippen LogP contribution in [0.15, 0.2) is 18.2 Å². The predicted octanol–water partition coefficient (Wildman–Crippen LogP) is 2.92. The van der Waals surface area contributed by atoms with Crippen molar-refractivity contribution in [2.24, 2.45) is 0 Å². The fourth-order valence-corrected chi connectivity index (χ4v) is 3.98. The molecule has 1 atom stereocenters. The lowest BCUT2D eigenvalue weighted by Crippen LogP contribution is -2.31. The van der Waals surface area contributed by atoms with Gasteiger partial charge in [-0.1, -0.05) is 23.9 Å². The molecular formula is C18H25N5OS. The summed E-state index contributed by atoms with van der Waals surface area (Å²) in [4.78, 5) is 22.6. The monoisotopic (exact) mass is 359 g/mol. The molecule has 0 bridgehead atoms. The molecule has 0 radical (unpaired) electrons. The van der Waals surface area contributed by atoms with Crippen LogP contribution in [0.1, 0.15) is 59.0 Å². The van der Waals surface area contributed by atoms with E-state index in [4.69, 9.17) is 4.98 Å². The first-order valence-electron chi connectivity index (χ1n) is 8.83. The molecular weight excluding hydrogens is 334 g/mol. The van der Waals surface area contributed by atoms with Crippen LogP contribution in [0.4, 0.5) is 0 Å². The molecule has 0 aromatic carbocycles. The molecule has 2 aromatic rings. The Balaban J connectivity index is 1.83. The molecule has 1 saturated heterocycles. The molecule has 1 unspecified atom stereocenters. The summed E-state index contributed by atoms with van der Waals surface area (Å²) in [5.41, 5.74) is 2.85. The minimum Gasteiger partial charge on any atom is -0.329 e. The van der Waals surface area contributed by atoms with E-state index >= 15 is 0 Å². The van der Waals surface area contributed by atoms with E-state index < -0.39 is 0 Å². The zero-order valence-corrected chi connectivity index (χ0v) is 15.9. The first-order chi connectivity index (χ1) is 12.1. The number of likely N-dealkylation sites (tertiary alicyclic amines) is 1. The van der Waals surface area contributed by atoms with E-state index in [2.05, 4.69) is 21.4 Å². The zero-order valence-electron chi connectivity index (χ0n) is 15.1. The highest BCUT2D eigenvalue weighted by molar-refractivity contribution is 7.08. The molecule has 1 aliphatic heterocycles. The molecule has 0 spiro atoms. The van der Waals surface area contributed by atoms with Crippen LogP contribution in [0, 0.1) is 0 Å². The number of nitrogens with zero attached hydrogens (tertiary/aromatic N) is 5. The van der Waals surface area contributed by atoms with Crippen LogP contribution in [0.3, 0.4) is 0 Å². The Hall–Kier alpha value is -1.86. The molecule has 2 aromatic heterocycles. The van der Waals surface area contributed by atoms with E-state index in [9.17, 15) is 4.79 Å². The molecule has 25 heavy (non-hydrogen) atoms. The van der Waals surface area contributed by atoms with Crippen molar-refractivity contribution >= 4 is 17.4 Å². The molecule has 7 heteroatoms. The molecule has 1 aliphatic rings. The number of hydrogen-bond acceptors (Lipinski definition) is 6. The van der Waals surface area contributed by atoms with Crippen LogP contribution >= 0.6 is 11.5 Å². The average Bonchev–Trinajstić information content (AvgIpc) is 3.23. The number of aromatic nitrogens is 3. The van der Waals surface area contributed by atoms with Crippen molar-refractivity contribution < 1.29 is 4.79 Å². The van der Waals surface area contributed by atoms with Crippen molar-refractivity contribution in [1.29, 1.82) is 0 Å². The third-order valence-corrected chi connectivity index (χ3v) is 5.15. The van der Waals surface area contributed by atoms with Crippen LogP contribution in [0.5, 0.6) is 0 Å². The van der Waals surface area contributed by atoms with Gasteiger partial charge in [-0.15, -0.1) is 5.10 Å². The van der Waals surface area contributed by atoms with E-state index in [0.717, 1.165) is 55.9 Å². The molecule has 134 valence electrons. The fourth-order valence-electron chi connectivity index (χ4n) is 3.31. The van der Waals surface area contributed by atoms with Crippen LogP contribution in [0.2, 0.25) is 0 Å². The Morgan fingerprint density at radius 1 is 1.40 bits per heavy atom. The minimum atomic E-state index is 0.0474. The molecule has 3 heterocycles. The summed E-state index contributed by atoms with van der Waals surface area (Å²) in [6.07, 6.45) is 3.72. The largest absolute Gasteiger partial charge is 0.329 e. The third-order valence-electron chi connectivity index (χ3n) is 4.40. The average molecular weight is 359 g/mol. The Kier molecular flexibility index (Phi) is 5.75. The van der Waals surface area contributed by atoms with E-state index in [-0.39, 0.29) is 11.9 Å². The van der Waals surface area contributed by atoms with Gasteiger partial charge in [-0.3, -0.25) is 9.78 Å². The second kappa shape index (κ2) is 8.01. The van der Waals surface area contributed by atoms with Gasteiger partial charge in [-0.25, -0.2) is 0 Å². The maximum absolute atomic E-state index is 13.1. The number of aryl methyl sites for hydroxylation is 1. The lowest BCUT2D eigenvalue weighted by Gasteiger charge is -2.24. The summed E-state index contributed by atoms with van der Waals surface area (Å²) in [5.74, 6) is 0.0563. The predicted molar refractivity (Wildman–Crippen MR) is 98.5 cm³/mol. The van der Waals surface area contributed by atoms with Gasteiger partial charge in [0, 0.05) is 13.1 Å². The molecule has 0 N–H and O–H groups in total. The van der Waals surface area contributed by atoms with Gasteiger partial charge in [-0.2, -0.15) is 0 Å². The minimum absolute atomic E-state index is 0.0474. The summed E-state index contributed by atoms with van der Waals surface area (Å²) in [7, 11) is 4.07. The van der Waals surface area contributed by atoms with Gasteiger partial charge in [0.15, 0.2) is 0 Å². The lowest BCUT2D eigenvalue weighted by molar-refractivity contribution is 0.0736. The van der Waals surface area contributed by atoms with Crippen molar-refractivity contribution in [2.75, 3.05) is 20.6 Å². The summed E-state index contributed by atoms with van der Waals surface area (Å²) in [5, 5.41) is 4.14. The summed E-state index contributed by atoms with van der Waals surface area (Å²) in [6, 6.07) is 6.16. The highest BCUT2D eigenvalue weighted by atomic mass is 32.1. The molecule has 0 saturated carbocycles. The van der Waals surface area contributed by atoms with E-state index in [0.29, 0.717) is 4.88 Å². The molecule has 1 amide bonds. The number of hydrogen-bond donors (Lipinski definition) is 0. The smallest absolute Gasteiger partial charge is 0.268 e. The van der Waals surface area contributed by atoms with Gasteiger partial charge >= 0.3 is 0 Å². The second-order valence-corrected chi connectivity index (χ2v) is 7.50. The maximum atomic E-state index is 13.1. The molecule has 3 rings (SSSR count). The van der Waals surface area contributed by atoms with Gasteiger partial charge in [-0.05, 0) is 57.0 Å². The zero-order chi connectivity index (χ0) is 17.8. The van der Waals surface area contributed by atoms with E-state index in [1.807, 2.05) is 37.2 Å². The molecule has 6 nitrogen and oxygen atoms in total. The van der Waals surface area contributed by atoms with Crippen LogP contribution in [-0.4, -0.2) is 50.9 Å². The number of carbonyl (C=O) groups is 1. The highest BCUT2D eigenvalue weighted by Gasteiger charge is 2.33. The normalized spacial score (nSPS) is 17.4. The van der Waals surface area contributed by atoms with Gasteiger partial charge in [0.25, 0.3) is 5.91 Å². The summed E-state index contributed by atoms with van der Waals surface area (Å²) < 4.78 is 4.00. The van der Waals surface area contributed by atoms with Gasteiger partial charge < -0.3 is 9.80 Å². The van der Waals surface area contributed by atoms with Crippen molar-refractivity contribution in [3.8, 4) is 0 Å². The van der Waals surface area contributed by atoms with Crippen LogP contribution < -0.4 is 0 Å². The summed E-state index contributed by atoms with van der Waals surface area (Å²) in [6.45, 7) is 3.66. The van der Waals surface area contributed by atoms with Crippen molar-refractivity contribution in [2.45, 2.75) is 45.2 Å². The highest BCUT2D eigenvalue weighted by Crippen LogP contribution is 2.33. The standard InChI is InChI=1S/C18H25N5OS/c1-4-7-15-17(25-21-20-15)18(24)23-11-6-10-16(23)14-9-5-8-13(19-14)12-22(2)3/h5,8-9,16H,4,6-7,10-12H2,1-3H3. The number of carbonyl (C=O) groups excluding carboxylic acids is 1. The van der Waals surface area contributed by atoms with Gasteiger partial charge in [0.1, 0.15) is 4.88 Å². The molecule has 1 fully saturated rings. The first-order valence-corrected chi connectivity index (χ1v) is 9.60. The van der Waals surface area contributed by atoms with Crippen molar-refractivity contribution in [1.82, 2.24) is 24.4 Å². The Labute approximate surface area is 153 Å². The van der Waals surface area contributed by atoms with E-state index in [1.165, 1.54) is 11.5 Å². The van der Waals surface area contributed by atoms with Gasteiger partial charge in [0.2, 0.25) is 0 Å². The van der Waals surface area contributed by atoms with Gasteiger partial charge in [0.05, 0.1) is 23.1 Å². The SMILES string of the molecule is CCCc1nnsc1C(=O)N1CCCC1c1cccc(CN(C)C)n1. The van der Waals surface area contributed by atoms with Crippen molar-refractivity contribution in [3.05, 3.63) is 40.2 Å². The first kappa shape index (κ1) is 17.9. The number of rotatable bonds is 6. The maximum Gasteiger partial charge on any atom is 0.268 e. The summed E-state index contributed by atoms with van der Waals surface area (Å²) >= 11 is 1.21. The van der Waals surface area contributed by atoms with Crippen LogP contribution in [0.25, 0.3) is 0 Å². The Morgan fingerprint density at radius 2 is 2.24 bits per heavy atom.